The quantitative estimate of drug-likeness (QED) is 0.659. The number of carbonyl (C=O) groups is 3. The average molecular weight is 425 g/mol. The van der Waals surface area contributed by atoms with Crippen LogP contribution in [0.25, 0.3) is 6.08 Å². The molecule has 2 fully saturated rings. The Hall–Kier alpha value is -2.17. The van der Waals surface area contributed by atoms with Crippen molar-refractivity contribution in [3.8, 4) is 11.5 Å². The van der Waals surface area contributed by atoms with Crippen molar-refractivity contribution in [2.24, 2.45) is 0 Å². The van der Waals surface area contributed by atoms with Gasteiger partial charge in [-0.25, -0.2) is 0 Å². The first-order valence-electron chi connectivity index (χ1n) is 8.45. The minimum Gasteiger partial charge on any atom is -0.497 e. The molecule has 0 bridgehead atoms. The first kappa shape index (κ1) is 20.6. The summed E-state index contributed by atoms with van der Waals surface area (Å²) in [7, 11) is 3.03. The van der Waals surface area contributed by atoms with Gasteiger partial charge >= 0.3 is 0 Å². The lowest BCUT2D eigenvalue weighted by atomic mass is 10.1. The molecule has 0 aliphatic carbocycles. The Morgan fingerprint density at radius 3 is 2.75 bits per heavy atom. The molecule has 0 aromatic heterocycles. The van der Waals surface area contributed by atoms with E-state index >= 15 is 0 Å². The lowest BCUT2D eigenvalue weighted by molar-refractivity contribution is -0.129. The number of amides is 3. The summed E-state index contributed by atoms with van der Waals surface area (Å²) in [5.74, 6) is 1.24. The second-order valence-electron chi connectivity index (χ2n) is 6.15. The third-order valence-electron chi connectivity index (χ3n) is 4.30. The van der Waals surface area contributed by atoms with Crippen molar-refractivity contribution >= 4 is 46.7 Å². The second kappa shape index (κ2) is 8.89. The number of methoxy groups -OCH3 is 2. The highest BCUT2D eigenvalue weighted by Crippen LogP contribution is 2.35. The summed E-state index contributed by atoms with van der Waals surface area (Å²) in [4.78, 5) is 38.1. The molecule has 1 aromatic rings. The Bertz CT molecular complexity index is 828. The summed E-state index contributed by atoms with van der Waals surface area (Å²) >= 11 is 2.30. The number of nitrogens with one attached hydrogen (secondary N) is 1. The fraction of sp³-hybridized carbons (Fsp3) is 0.389. The molecule has 2 aliphatic rings. The molecular formula is C18H20N2O6S2. The van der Waals surface area contributed by atoms with Gasteiger partial charge in [0.15, 0.2) is 0 Å². The number of rotatable bonds is 6. The molecule has 2 aliphatic heterocycles. The molecule has 2 atom stereocenters. The Balaban J connectivity index is 1.73. The number of thioether (sulfide) groups is 2. The SMILES string of the molecule is COc1ccc(OC)c(/C=C2\SC(=O)N(CC(=O)NC3CSCC3O)C2=O)c1. The topological polar surface area (TPSA) is 105 Å². The number of hydrogen-bond acceptors (Lipinski definition) is 8. The van der Waals surface area contributed by atoms with E-state index in [1.807, 2.05) is 0 Å². The molecular weight excluding hydrogens is 404 g/mol. The van der Waals surface area contributed by atoms with Crippen LogP contribution in [0, 0.1) is 0 Å². The van der Waals surface area contributed by atoms with Crippen LogP contribution in [0.1, 0.15) is 5.56 Å². The van der Waals surface area contributed by atoms with Gasteiger partial charge < -0.3 is 19.9 Å². The number of ether oxygens (including phenoxy) is 2. The van der Waals surface area contributed by atoms with Gasteiger partial charge in [0.05, 0.1) is 31.3 Å². The van der Waals surface area contributed by atoms with E-state index in [2.05, 4.69) is 5.32 Å². The van der Waals surface area contributed by atoms with Crippen LogP contribution in [-0.4, -0.2) is 71.5 Å². The summed E-state index contributed by atoms with van der Waals surface area (Å²) < 4.78 is 10.5. The number of aliphatic hydroxyl groups is 1. The van der Waals surface area contributed by atoms with Gasteiger partial charge in [-0.2, -0.15) is 11.8 Å². The summed E-state index contributed by atoms with van der Waals surface area (Å²) in [6.07, 6.45) is 0.922. The van der Waals surface area contributed by atoms with Gasteiger partial charge in [0.1, 0.15) is 18.0 Å². The zero-order valence-corrected chi connectivity index (χ0v) is 17.0. The molecule has 2 unspecified atom stereocenters. The van der Waals surface area contributed by atoms with E-state index in [9.17, 15) is 19.5 Å². The van der Waals surface area contributed by atoms with Crippen molar-refractivity contribution in [2.75, 3.05) is 32.3 Å². The summed E-state index contributed by atoms with van der Waals surface area (Å²) in [5, 5.41) is 11.9. The molecule has 0 spiro atoms. The molecule has 8 nitrogen and oxygen atoms in total. The van der Waals surface area contributed by atoms with Crippen molar-refractivity contribution < 1.29 is 29.0 Å². The predicted molar refractivity (Wildman–Crippen MR) is 107 cm³/mol. The van der Waals surface area contributed by atoms with Gasteiger partial charge in [-0.05, 0) is 36.0 Å². The minimum absolute atomic E-state index is 0.195. The zero-order valence-electron chi connectivity index (χ0n) is 15.3. The van der Waals surface area contributed by atoms with Crippen molar-refractivity contribution in [1.29, 1.82) is 0 Å². The van der Waals surface area contributed by atoms with E-state index in [0.29, 0.717) is 28.6 Å². The Morgan fingerprint density at radius 1 is 1.32 bits per heavy atom. The maximum atomic E-state index is 12.6. The predicted octanol–water partition coefficient (Wildman–Crippen LogP) is 1.33. The maximum absolute atomic E-state index is 12.6. The second-order valence-corrected chi connectivity index (χ2v) is 8.22. The number of benzene rings is 1. The minimum atomic E-state index is -0.621. The van der Waals surface area contributed by atoms with Crippen LogP contribution >= 0.6 is 23.5 Å². The first-order chi connectivity index (χ1) is 13.4. The standard InChI is InChI=1S/C18H20N2O6S2/c1-25-11-3-4-14(26-2)10(5-11)6-15-17(23)20(18(24)28-15)7-16(22)19-12-8-27-9-13(12)21/h3-6,12-13,21H,7-9H2,1-2H3,(H,19,22)/b15-6-. The number of nitrogens with zero attached hydrogens (tertiary/aromatic N) is 1. The van der Waals surface area contributed by atoms with E-state index in [4.69, 9.17) is 9.47 Å². The van der Waals surface area contributed by atoms with Crippen molar-refractivity contribution in [3.05, 3.63) is 28.7 Å². The number of imide groups is 1. The first-order valence-corrected chi connectivity index (χ1v) is 10.4. The van der Waals surface area contributed by atoms with E-state index < -0.39 is 23.2 Å². The molecule has 0 radical (unpaired) electrons. The van der Waals surface area contributed by atoms with Crippen LogP contribution in [0.4, 0.5) is 4.79 Å². The average Bonchev–Trinajstić information content (AvgIpc) is 3.19. The highest BCUT2D eigenvalue weighted by molar-refractivity contribution is 8.18. The summed E-state index contributed by atoms with van der Waals surface area (Å²) in [6, 6.07) is 4.75. The number of hydrogen-bond donors (Lipinski definition) is 2. The Kier molecular flexibility index (Phi) is 6.53. The highest BCUT2D eigenvalue weighted by Gasteiger charge is 2.37. The molecule has 3 rings (SSSR count). The Morgan fingerprint density at radius 2 is 2.11 bits per heavy atom. The normalized spacial score (nSPS) is 23.4. The lowest BCUT2D eigenvalue weighted by Gasteiger charge is -2.18. The van der Waals surface area contributed by atoms with E-state index in [0.717, 1.165) is 16.7 Å². The maximum Gasteiger partial charge on any atom is 0.294 e. The summed E-state index contributed by atoms with van der Waals surface area (Å²) in [6.45, 7) is -0.384. The van der Waals surface area contributed by atoms with Crippen LogP contribution in [0.3, 0.4) is 0 Å². The van der Waals surface area contributed by atoms with Crippen molar-refractivity contribution in [2.45, 2.75) is 12.1 Å². The molecule has 3 amide bonds. The van der Waals surface area contributed by atoms with Crippen LogP contribution in [0.15, 0.2) is 23.1 Å². The summed E-state index contributed by atoms with van der Waals surface area (Å²) in [5.41, 5.74) is 0.586. The molecule has 0 saturated carbocycles. The lowest BCUT2D eigenvalue weighted by Crippen LogP contribution is -2.47. The van der Waals surface area contributed by atoms with Crippen molar-refractivity contribution in [3.63, 3.8) is 0 Å². The third kappa shape index (κ3) is 4.45. The molecule has 150 valence electrons. The van der Waals surface area contributed by atoms with Crippen LogP contribution in [0.5, 0.6) is 11.5 Å². The third-order valence-corrected chi connectivity index (χ3v) is 6.38. The van der Waals surface area contributed by atoms with Crippen LogP contribution in [-0.2, 0) is 9.59 Å². The van der Waals surface area contributed by atoms with Crippen LogP contribution in [0.2, 0.25) is 0 Å². The molecule has 28 heavy (non-hydrogen) atoms. The Labute approximate surface area is 170 Å². The molecule has 2 heterocycles. The van der Waals surface area contributed by atoms with Gasteiger partial charge in [0, 0.05) is 17.1 Å². The monoisotopic (exact) mass is 424 g/mol. The molecule has 10 heteroatoms. The fourth-order valence-corrected chi connectivity index (χ4v) is 4.81. The van der Waals surface area contributed by atoms with E-state index in [1.54, 1.807) is 24.3 Å². The molecule has 2 N–H and O–H groups in total. The van der Waals surface area contributed by atoms with Gasteiger partial charge in [-0.1, -0.05) is 0 Å². The van der Waals surface area contributed by atoms with Gasteiger partial charge in [0.2, 0.25) is 5.91 Å². The van der Waals surface area contributed by atoms with Gasteiger partial charge in [-0.3, -0.25) is 19.3 Å². The van der Waals surface area contributed by atoms with E-state index in [-0.39, 0.29) is 17.5 Å². The van der Waals surface area contributed by atoms with Crippen LogP contribution < -0.4 is 14.8 Å². The molecule has 2 saturated heterocycles. The van der Waals surface area contributed by atoms with Gasteiger partial charge in [0.25, 0.3) is 11.1 Å². The van der Waals surface area contributed by atoms with E-state index in [1.165, 1.54) is 26.0 Å². The molecule has 1 aromatic carbocycles. The van der Waals surface area contributed by atoms with Gasteiger partial charge in [-0.15, -0.1) is 0 Å². The zero-order chi connectivity index (χ0) is 20.3. The largest absolute Gasteiger partial charge is 0.497 e. The van der Waals surface area contributed by atoms with Crippen molar-refractivity contribution in [1.82, 2.24) is 10.2 Å². The fourth-order valence-electron chi connectivity index (χ4n) is 2.81. The smallest absolute Gasteiger partial charge is 0.294 e. The number of carbonyl (C=O) groups excluding carboxylic acids is 3. The highest BCUT2D eigenvalue weighted by atomic mass is 32.2. The number of aliphatic hydroxyl groups excluding tert-OH is 1.